The SMILES string of the molecule is COc1ccc(COc2ccc(C)cc2O[C@@H]2OC[C@@H](O)[C@H](O)[C@H]2O)cc1. The topological polar surface area (TPSA) is 97.6 Å². The minimum Gasteiger partial charge on any atom is -0.497 e. The smallest absolute Gasteiger partial charge is 0.229 e. The normalized spacial score (nSPS) is 25.1. The fourth-order valence-corrected chi connectivity index (χ4v) is 2.72. The van der Waals surface area contributed by atoms with E-state index >= 15 is 0 Å². The number of rotatable bonds is 6. The zero-order valence-electron chi connectivity index (χ0n) is 15.2. The second kappa shape index (κ2) is 8.58. The van der Waals surface area contributed by atoms with Crippen molar-refractivity contribution in [2.45, 2.75) is 38.1 Å². The quantitative estimate of drug-likeness (QED) is 0.701. The molecular weight excluding hydrogens is 352 g/mol. The first-order valence-corrected chi connectivity index (χ1v) is 8.67. The fourth-order valence-electron chi connectivity index (χ4n) is 2.72. The summed E-state index contributed by atoms with van der Waals surface area (Å²) in [6, 6.07) is 12.9. The molecule has 0 aliphatic carbocycles. The monoisotopic (exact) mass is 376 g/mol. The molecule has 27 heavy (non-hydrogen) atoms. The van der Waals surface area contributed by atoms with Gasteiger partial charge in [0.2, 0.25) is 6.29 Å². The summed E-state index contributed by atoms with van der Waals surface area (Å²) in [6.45, 7) is 2.09. The molecule has 1 aliphatic heterocycles. The lowest BCUT2D eigenvalue weighted by atomic mass is 10.1. The predicted molar refractivity (Wildman–Crippen MR) is 96.9 cm³/mol. The first-order valence-electron chi connectivity index (χ1n) is 8.67. The van der Waals surface area contributed by atoms with Crippen LogP contribution in [0.1, 0.15) is 11.1 Å². The van der Waals surface area contributed by atoms with E-state index in [0.717, 1.165) is 16.9 Å². The van der Waals surface area contributed by atoms with Gasteiger partial charge in [0.05, 0.1) is 13.7 Å². The molecule has 0 aromatic heterocycles. The Morgan fingerprint density at radius 2 is 1.74 bits per heavy atom. The Hall–Kier alpha value is -2.32. The molecule has 0 saturated carbocycles. The van der Waals surface area contributed by atoms with Crippen LogP contribution < -0.4 is 14.2 Å². The molecule has 146 valence electrons. The lowest BCUT2D eigenvalue weighted by Crippen LogP contribution is -2.54. The summed E-state index contributed by atoms with van der Waals surface area (Å²) in [5.41, 5.74) is 1.89. The van der Waals surface area contributed by atoms with E-state index in [2.05, 4.69) is 0 Å². The largest absolute Gasteiger partial charge is 0.497 e. The van der Waals surface area contributed by atoms with E-state index in [1.54, 1.807) is 19.2 Å². The highest BCUT2D eigenvalue weighted by molar-refractivity contribution is 5.43. The van der Waals surface area contributed by atoms with Crippen LogP contribution >= 0.6 is 0 Å². The van der Waals surface area contributed by atoms with Gasteiger partial charge in [-0.2, -0.15) is 0 Å². The van der Waals surface area contributed by atoms with E-state index in [4.69, 9.17) is 18.9 Å². The van der Waals surface area contributed by atoms with E-state index in [0.29, 0.717) is 18.1 Å². The van der Waals surface area contributed by atoms with Crippen LogP contribution in [-0.4, -0.2) is 53.6 Å². The molecule has 0 radical (unpaired) electrons. The van der Waals surface area contributed by atoms with Crippen molar-refractivity contribution in [1.29, 1.82) is 0 Å². The van der Waals surface area contributed by atoms with Crippen LogP contribution in [0, 0.1) is 6.92 Å². The van der Waals surface area contributed by atoms with Crippen molar-refractivity contribution < 1.29 is 34.3 Å². The van der Waals surface area contributed by atoms with Crippen molar-refractivity contribution in [1.82, 2.24) is 0 Å². The zero-order valence-corrected chi connectivity index (χ0v) is 15.2. The summed E-state index contributed by atoms with van der Waals surface area (Å²) in [7, 11) is 1.61. The lowest BCUT2D eigenvalue weighted by molar-refractivity contribution is -0.242. The van der Waals surface area contributed by atoms with Crippen LogP contribution in [0.4, 0.5) is 0 Å². The zero-order chi connectivity index (χ0) is 19.4. The van der Waals surface area contributed by atoms with Gasteiger partial charge in [0, 0.05) is 0 Å². The van der Waals surface area contributed by atoms with Gasteiger partial charge in [0.15, 0.2) is 11.5 Å². The molecule has 0 spiro atoms. The number of ether oxygens (including phenoxy) is 4. The maximum atomic E-state index is 10.1. The van der Waals surface area contributed by atoms with E-state index in [-0.39, 0.29) is 6.61 Å². The Balaban J connectivity index is 1.71. The Morgan fingerprint density at radius 3 is 2.44 bits per heavy atom. The summed E-state index contributed by atoms with van der Waals surface area (Å²) < 4.78 is 22.0. The van der Waals surface area contributed by atoms with Gasteiger partial charge in [-0.15, -0.1) is 0 Å². The van der Waals surface area contributed by atoms with Crippen LogP contribution in [0.3, 0.4) is 0 Å². The van der Waals surface area contributed by atoms with Gasteiger partial charge in [0.25, 0.3) is 0 Å². The summed E-state index contributed by atoms with van der Waals surface area (Å²) in [5.74, 6) is 1.63. The Labute approximate surface area is 157 Å². The van der Waals surface area contributed by atoms with Crippen molar-refractivity contribution in [2.24, 2.45) is 0 Å². The van der Waals surface area contributed by atoms with Gasteiger partial charge in [-0.05, 0) is 42.3 Å². The third-order valence-electron chi connectivity index (χ3n) is 4.35. The average molecular weight is 376 g/mol. The van der Waals surface area contributed by atoms with E-state index in [9.17, 15) is 15.3 Å². The Morgan fingerprint density at radius 1 is 1.00 bits per heavy atom. The number of hydrogen-bond donors (Lipinski definition) is 3. The molecule has 3 N–H and O–H groups in total. The molecule has 0 bridgehead atoms. The Kier molecular flexibility index (Phi) is 6.18. The molecule has 2 aromatic rings. The molecule has 1 fully saturated rings. The first-order chi connectivity index (χ1) is 13.0. The summed E-state index contributed by atoms with van der Waals surface area (Å²) in [4.78, 5) is 0. The molecule has 7 nitrogen and oxygen atoms in total. The van der Waals surface area contributed by atoms with Gasteiger partial charge in [-0.3, -0.25) is 0 Å². The molecule has 3 rings (SSSR count). The van der Waals surface area contributed by atoms with Crippen molar-refractivity contribution in [3.8, 4) is 17.2 Å². The molecule has 0 amide bonds. The van der Waals surface area contributed by atoms with E-state index < -0.39 is 24.6 Å². The van der Waals surface area contributed by atoms with Crippen LogP contribution in [0.2, 0.25) is 0 Å². The standard InChI is InChI=1S/C20H24O7/c1-12-3-8-16(25-10-13-4-6-14(24-2)7-5-13)17(9-12)27-20-19(23)18(22)15(21)11-26-20/h3-9,15,18-23H,10-11H2,1-2H3/t15-,18+,19-,20+/m1/s1. The van der Waals surface area contributed by atoms with Crippen LogP contribution in [0.15, 0.2) is 42.5 Å². The first kappa shape index (κ1) is 19.4. The second-order valence-corrected chi connectivity index (χ2v) is 6.46. The predicted octanol–water partition coefficient (Wildman–Crippen LogP) is 1.40. The third kappa shape index (κ3) is 4.70. The van der Waals surface area contributed by atoms with E-state index in [1.807, 2.05) is 37.3 Å². The van der Waals surface area contributed by atoms with Gasteiger partial charge < -0.3 is 34.3 Å². The van der Waals surface area contributed by atoms with Crippen molar-refractivity contribution in [3.05, 3.63) is 53.6 Å². The highest BCUT2D eigenvalue weighted by Crippen LogP contribution is 2.32. The van der Waals surface area contributed by atoms with Crippen molar-refractivity contribution in [3.63, 3.8) is 0 Å². The van der Waals surface area contributed by atoms with Gasteiger partial charge in [0.1, 0.15) is 30.7 Å². The minimum atomic E-state index is -1.37. The highest BCUT2D eigenvalue weighted by Gasteiger charge is 2.39. The number of aliphatic hydroxyl groups excluding tert-OH is 3. The van der Waals surface area contributed by atoms with Crippen LogP contribution in [0.5, 0.6) is 17.2 Å². The molecule has 4 atom stereocenters. The summed E-state index contributed by atoms with van der Waals surface area (Å²) in [5, 5.41) is 29.4. The molecular formula is C20H24O7. The second-order valence-electron chi connectivity index (χ2n) is 6.46. The fraction of sp³-hybridized carbons (Fsp3) is 0.400. The van der Waals surface area contributed by atoms with Crippen molar-refractivity contribution in [2.75, 3.05) is 13.7 Å². The average Bonchev–Trinajstić information content (AvgIpc) is 2.68. The molecule has 2 aromatic carbocycles. The lowest BCUT2D eigenvalue weighted by Gasteiger charge is -2.35. The molecule has 0 unspecified atom stereocenters. The number of aryl methyl sites for hydroxylation is 1. The van der Waals surface area contributed by atoms with Crippen LogP contribution in [0.25, 0.3) is 0 Å². The van der Waals surface area contributed by atoms with Crippen LogP contribution in [-0.2, 0) is 11.3 Å². The number of hydrogen-bond acceptors (Lipinski definition) is 7. The summed E-state index contributed by atoms with van der Waals surface area (Å²) >= 11 is 0. The molecule has 1 aliphatic rings. The molecule has 7 heteroatoms. The maximum Gasteiger partial charge on any atom is 0.229 e. The Bertz CT molecular complexity index is 746. The van der Waals surface area contributed by atoms with E-state index in [1.165, 1.54) is 0 Å². The minimum absolute atomic E-state index is 0.128. The van der Waals surface area contributed by atoms with Crippen molar-refractivity contribution >= 4 is 0 Å². The third-order valence-corrected chi connectivity index (χ3v) is 4.35. The molecule has 1 heterocycles. The highest BCUT2D eigenvalue weighted by atomic mass is 16.7. The van der Waals surface area contributed by atoms with Gasteiger partial charge in [-0.1, -0.05) is 18.2 Å². The maximum absolute atomic E-state index is 10.1. The van der Waals surface area contributed by atoms with Gasteiger partial charge >= 0.3 is 0 Å². The van der Waals surface area contributed by atoms with Gasteiger partial charge in [-0.25, -0.2) is 0 Å². The summed E-state index contributed by atoms with van der Waals surface area (Å²) in [6.07, 6.45) is -4.96. The molecule has 1 saturated heterocycles. The number of benzene rings is 2. The number of methoxy groups -OCH3 is 1. The number of aliphatic hydroxyl groups is 3.